The van der Waals surface area contributed by atoms with Crippen molar-refractivity contribution in [1.82, 2.24) is 10.2 Å². The van der Waals surface area contributed by atoms with Gasteiger partial charge in [-0.1, -0.05) is 0 Å². The van der Waals surface area contributed by atoms with Gasteiger partial charge in [0.1, 0.15) is 0 Å². The lowest BCUT2D eigenvalue weighted by molar-refractivity contribution is -0.134. The summed E-state index contributed by atoms with van der Waals surface area (Å²) in [6, 6.07) is 0.596. The fourth-order valence-electron chi connectivity index (χ4n) is 2.94. The molecular weight excluding hydrogens is 200 g/mol. The number of piperazine rings is 1. The first-order chi connectivity index (χ1) is 6.34. The highest BCUT2D eigenvalue weighted by molar-refractivity contribution is 5.85. The van der Waals surface area contributed by atoms with Crippen molar-refractivity contribution in [2.24, 2.45) is 11.8 Å². The summed E-state index contributed by atoms with van der Waals surface area (Å²) in [5.41, 5.74) is 0. The summed E-state index contributed by atoms with van der Waals surface area (Å²) in [4.78, 5) is 13.7. The van der Waals surface area contributed by atoms with Crippen LogP contribution in [0, 0.1) is 11.8 Å². The minimum atomic E-state index is 0. The molecule has 2 saturated carbocycles. The van der Waals surface area contributed by atoms with Gasteiger partial charge in [-0.25, -0.2) is 0 Å². The largest absolute Gasteiger partial charge is 0.337 e. The van der Waals surface area contributed by atoms with Crippen molar-refractivity contribution in [2.45, 2.75) is 25.3 Å². The Hall–Kier alpha value is -0.280. The summed E-state index contributed by atoms with van der Waals surface area (Å²) in [5.74, 6) is 2.28. The molecule has 0 spiro atoms. The lowest BCUT2D eigenvalue weighted by Crippen LogP contribution is -2.52. The zero-order valence-electron chi connectivity index (χ0n) is 8.24. The molecule has 1 amide bonds. The third-order valence-corrected chi connectivity index (χ3v) is 3.79. The van der Waals surface area contributed by atoms with Gasteiger partial charge in [0.25, 0.3) is 0 Å². The van der Waals surface area contributed by atoms with Gasteiger partial charge < -0.3 is 10.2 Å². The predicted octanol–water partition coefficient (Wildman–Crippen LogP) is 0.638. The number of carbonyl (C=O) groups excluding carboxylic acids is 1. The average Bonchev–Trinajstić information content (AvgIpc) is 2.75. The Kier molecular flexibility index (Phi) is 2.71. The van der Waals surface area contributed by atoms with Crippen LogP contribution in [0.3, 0.4) is 0 Å². The molecule has 1 saturated heterocycles. The first-order valence-corrected chi connectivity index (χ1v) is 5.35. The van der Waals surface area contributed by atoms with E-state index in [4.69, 9.17) is 0 Å². The molecule has 3 aliphatic rings. The summed E-state index contributed by atoms with van der Waals surface area (Å²) in [7, 11) is 0. The third kappa shape index (κ3) is 1.63. The van der Waals surface area contributed by atoms with Gasteiger partial charge in [-0.3, -0.25) is 4.79 Å². The molecule has 80 valence electrons. The van der Waals surface area contributed by atoms with Gasteiger partial charge in [0.05, 0.1) is 6.54 Å². The van der Waals surface area contributed by atoms with Crippen molar-refractivity contribution in [3.05, 3.63) is 0 Å². The summed E-state index contributed by atoms with van der Waals surface area (Å²) in [6.45, 7) is 2.48. The van der Waals surface area contributed by atoms with E-state index in [9.17, 15) is 4.79 Å². The smallest absolute Gasteiger partial charge is 0.236 e. The third-order valence-electron chi connectivity index (χ3n) is 3.79. The second-order valence-electron chi connectivity index (χ2n) is 4.64. The van der Waals surface area contributed by atoms with E-state index in [0.29, 0.717) is 18.5 Å². The second-order valence-corrected chi connectivity index (χ2v) is 4.64. The van der Waals surface area contributed by atoms with Crippen molar-refractivity contribution < 1.29 is 4.79 Å². The molecule has 1 N–H and O–H groups in total. The Balaban J connectivity index is 0.000000750. The Morgan fingerprint density at radius 3 is 2.57 bits per heavy atom. The van der Waals surface area contributed by atoms with Crippen LogP contribution in [-0.2, 0) is 4.79 Å². The topological polar surface area (TPSA) is 32.3 Å². The average molecular weight is 217 g/mol. The van der Waals surface area contributed by atoms with E-state index in [1.165, 1.54) is 19.3 Å². The highest BCUT2D eigenvalue weighted by Gasteiger charge is 2.48. The maximum Gasteiger partial charge on any atom is 0.236 e. The van der Waals surface area contributed by atoms with Crippen molar-refractivity contribution >= 4 is 18.3 Å². The van der Waals surface area contributed by atoms with E-state index in [0.717, 1.165) is 24.9 Å². The van der Waals surface area contributed by atoms with Gasteiger partial charge in [0.15, 0.2) is 0 Å². The monoisotopic (exact) mass is 216 g/mol. The standard InChI is InChI=1S/C10H16N2O.ClH/c13-10-6-11-1-2-12(10)9-4-7-3-8(7)5-9;/h7-9,11H,1-6H2;1H/t7-,8-;/m0./s1. The van der Waals surface area contributed by atoms with Crippen LogP contribution >= 0.6 is 12.4 Å². The van der Waals surface area contributed by atoms with Gasteiger partial charge in [-0.2, -0.15) is 0 Å². The molecular formula is C10H17ClN2O. The first-order valence-electron chi connectivity index (χ1n) is 5.35. The molecule has 2 atom stereocenters. The Labute approximate surface area is 90.6 Å². The number of hydrogen-bond donors (Lipinski definition) is 1. The van der Waals surface area contributed by atoms with E-state index in [-0.39, 0.29) is 12.4 Å². The van der Waals surface area contributed by atoms with Gasteiger partial charge in [-0.05, 0) is 31.1 Å². The molecule has 1 aliphatic heterocycles. The fourth-order valence-corrected chi connectivity index (χ4v) is 2.94. The number of hydrogen-bond acceptors (Lipinski definition) is 2. The van der Waals surface area contributed by atoms with Crippen molar-refractivity contribution in [2.75, 3.05) is 19.6 Å². The zero-order chi connectivity index (χ0) is 8.84. The van der Waals surface area contributed by atoms with E-state index in [2.05, 4.69) is 10.2 Å². The zero-order valence-corrected chi connectivity index (χ0v) is 9.05. The van der Waals surface area contributed by atoms with Crippen LogP contribution < -0.4 is 5.32 Å². The van der Waals surface area contributed by atoms with Gasteiger partial charge >= 0.3 is 0 Å². The molecule has 0 unspecified atom stereocenters. The molecule has 0 aromatic rings. The van der Waals surface area contributed by atoms with Gasteiger partial charge in [0.2, 0.25) is 5.91 Å². The Morgan fingerprint density at radius 1 is 1.21 bits per heavy atom. The SMILES string of the molecule is Cl.O=C1CNCCN1C1C[C@@H]2C[C@H]2C1. The predicted molar refractivity (Wildman–Crippen MR) is 56.4 cm³/mol. The van der Waals surface area contributed by atoms with Crippen LogP contribution in [0.15, 0.2) is 0 Å². The second kappa shape index (κ2) is 3.70. The number of nitrogens with one attached hydrogen (secondary N) is 1. The molecule has 4 heteroatoms. The normalized spacial score (nSPS) is 36.6. The maximum atomic E-state index is 11.6. The van der Waals surface area contributed by atoms with E-state index in [1.807, 2.05) is 0 Å². The van der Waals surface area contributed by atoms with Crippen LogP contribution in [0.5, 0.6) is 0 Å². The van der Waals surface area contributed by atoms with Crippen LogP contribution in [0.1, 0.15) is 19.3 Å². The number of fused-ring (bicyclic) bond motifs is 1. The molecule has 14 heavy (non-hydrogen) atoms. The Morgan fingerprint density at radius 2 is 1.93 bits per heavy atom. The molecule has 0 radical (unpaired) electrons. The van der Waals surface area contributed by atoms with Crippen molar-refractivity contribution in [3.8, 4) is 0 Å². The number of rotatable bonds is 1. The van der Waals surface area contributed by atoms with Gasteiger partial charge in [0, 0.05) is 19.1 Å². The quantitative estimate of drug-likeness (QED) is 0.698. The maximum absolute atomic E-state index is 11.6. The number of amides is 1. The minimum Gasteiger partial charge on any atom is -0.337 e. The van der Waals surface area contributed by atoms with Gasteiger partial charge in [-0.15, -0.1) is 12.4 Å². The van der Waals surface area contributed by atoms with E-state index >= 15 is 0 Å². The lowest BCUT2D eigenvalue weighted by atomic mass is 10.1. The molecule has 2 aliphatic carbocycles. The molecule has 0 bridgehead atoms. The molecule has 3 fully saturated rings. The van der Waals surface area contributed by atoms with Crippen LogP contribution in [0.2, 0.25) is 0 Å². The molecule has 0 aromatic carbocycles. The molecule has 1 heterocycles. The highest BCUT2D eigenvalue weighted by atomic mass is 35.5. The van der Waals surface area contributed by atoms with Crippen LogP contribution in [-0.4, -0.2) is 36.5 Å². The summed E-state index contributed by atoms with van der Waals surface area (Å²) >= 11 is 0. The molecule has 0 aromatic heterocycles. The van der Waals surface area contributed by atoms with Crippen LogP contribution in [0.25, 0.3) is 0 Å². The molecule has 3 nitrogen and oxygen atoms in total. The molecule has 3 rings (SSSR count). The summed E-state index contributed by atoms with van der Waals surface area (Å²) in [5, 5.41) is 3.12. The summed E-state index contributed by atoms with van der Waals surface area (Å²) < 4.78 is 0. The lowest BCUT2D eigenvalue weighted by Gasteiger charge is -2.33. The minimum absolute atomic E-state index is 0. The first kappa shape index (κ1) is 10.2. The number of halogens is 1. The van der Waals surface area contributed by atoms with Crippen LogP contribution in [0.4, 0.5) is 0 Å². The Bertz CT molecular complexity index is 236. The number of carbonyl (C=O) groups is 1. The van der Waals surface area contributed by atoms with Crippen molar-refractivity contribution in [3.63, 3.8) is 0 Å². The number of nitrogens with zero attached hydrogens (tertiary/aromatic N) is 1. The van der Waals surface area contributed by atoms with Crippen molar-refractivity contribution in [1.29, 1.82) is 0 Å². The van der Waals surface area contributed by atoms with E-state index in [1.54, 1.807) is 0 Å². The van der Waals surface area contributed by atoms with E-state index < -0.39 is 0 Å². The summed E-state index contributed by atoms with van der Waals surface area (Å²) in [6.07, 6.45) is 4.02. The fraction of sp³-hybridized carbons (Fsp3) is 0.900. The highest BCUT2D eigenvalue weighted by Crippen LogP contribution is 2.53.